The molecule has 0 radical (unpaired) electrons. The maximum Gasteiger partial charge on any atom is 0.143 e. The SMILES string of the molecule is Cc1csc(/C(=N/[O-])c2csc(C)n2)n1. The van der Waals surface area contributed by atoms with Crippen LogP contribution in [0.4, 0.5) is 0 Å². The molecule has 0 saturated heterocycles. The van der Waals surface area contributed by atoms with Gasteiger partial charge in [0.05, 0.1) is 5.01 Å². The van der Waals surface area contributed by atoms with Crippen LogP contribution in [0.25, 0.3) is 0 Å². The summed E-state index contributed by atoms with van der Waals surface area (Å²) in [5, 5.41) is 19.0. The number of hydrogen-bond donors (Lipinski definition) is 0. The molecule has 4 nitrogen and oxygen atoms in total. The second kappa shape index (κ2) is 4.08. The minimum atomic E-state index is 0.331. The van der Waals surface area contributed by atoms with Crippen molar-refractivity contribution in [1.29, 1.82) is 0 Å². The largest absolute Gasteiger partial charge is 0.791 e. The van der Waals surface area contributed by atoms with Crippen LogP contribution in [-0.4, -0.2) is 15.7 Å². The summed E-state index contributed by atoms with van der Waals surface area (Å²) in [7, 11) is 0. The molecule has 0 saturated carbocycles. The van der Waals surface area contributed by atoms with Gasteiger partial charge in [-0.1, -0.05) is 0 Å². The van der Waals surface area contributed by atoms with E-state index in [1.165, 1.54) is 22.7 Å². The first-order valence-corrected chi connectivity index (χ1v) is 6.02. The molecule has 0 spiro atoms. The lowest BCUT2D eigenvalue weighted by molar-refractivity contribution is 1.22. The molecule has 2 aromatic rings. The van der Waals surface area contributed by atoms with Gasteiger partial charge in [0.15, 0.2) is 0 Å². The predicted molar refractivity (Wildman–Crippen MR) is 62.7 cm³/mol. The fraction of sp³-hybridized carbons (Fsp3) is 0.222. The second-order valence-corrected chi connectivity index (χ2v) is 4.91. The van der Waals surface area contributed by atoms with Crippen LogP contribution >= 0.6 is 22.7 Å². The van der Waals surface area contributed by atoms with E-state index in [-0.39, 0.29) is 0 Å². The molecule has 0 atom stereocenters. The fourth-order valence-corrected chi connectivity index (χ4v) is 2.51. The first kappa shape index (κ1) is 10.3. The average molecular weight is 238 g/mol. The molecule has 2 rings (SSSR count). The van der Waals surface area contributed by atoms with Crippen LogP contribution < -0.4 is 0 Å². The summed E-state index contributed by atoms with van der Waals surface area (Å²) in [5.41, 5.74) is 1.84. The summed E-state index contributed by atoms with van der Waals surface area (Å²) in [5.74, 6) is 0. The average Bonchev–Trinajstić information content (AvgIpc) is 2.78. The van der Waals surface area contributed by atoms with E-state index in [9.17, 15) is 5.21 Å². The molecule has 0 fully saturated rings. The van der Waals surface area contributed by atoms with Crippen LogP contribution in [0.15, 0.2) is 15.9 Å². The van der Waals surface area contributed by atoms with Crippen LogP contribution in [0.3, 0.4) is 0 Å². The third-order valence-electron chi connectivity index (χ3n) is 1.77. The van der Waals surface area contributed by atoms with Gasteiger partial charge in [-0.05, 0) is 13.8 Å². The molecule has 15 heavy (non-hydrogen) atoms. The highest BCUT2D eigenvalue weighted by Crippen LogP contribution is 2.17. The van der Waals surface area contributed by atoms with Crippen molar-refractivity contribution in [3.63, 3.8) is 0 Å². The molecule has 78 valence electrons. The summed E-state index contributed by atoms with van der Waals surface area (Å²) < 4.78 is 0. The van der Waals surface area contributed by atoms with Gasteiger partial charge in [0, 0.05) is 16.5 Å². The van der Waals surface area contributed by atoms with Crippen LogP contribution in [-0.2, 0) is 0 Å². The van der Waals surface area contributed by atoms with Gasteiger partial charge >= 0.3 is 0 Å². The Kier molecular flexibility index (Phi) is 2.79. The third kappa shape index (κ3) is 2.05. The molecule has 2 heterocycles. The number of aryl methyl sites for hydroxylation is 2. The Bertz CT molecular complexity index is 459. The van der Waals surface area contributed by atoms with Gasteiger partial charge in [-0.25, -0.2) is 9.97 Å². The monoisotopic (exact) mass is 238 g/mol. The minimum absolute atomic E-state index is 0.331. The molecule has 6 heteroatoms. The van der Waals surface area contributed by atoms with Gasteiger partial charge in [-0.15, -0.1) is 22.7 Å². The number of nitrogens with zero attached hydrogens (tertiary/aromatic N) is 3. The zero-order valence-corrected chi connectivity index (χ0v) is 9.85. The van der Waals surface area contributed by atoms with Crippen molar-refractivity contribution in [2.75, 3.05) is 0 Å². The van der Waals surface area contributed by atoms with Crippen LogP contribution in [0.5, 0.6) is 0 Å². The molecule has 0 bridgehead atoms. The Labute approximate surface area is 94.9 Å². The van der Waals surface area contributed by atoms with E-state index in [1.54, 1.807) is 0 Å². The summed E-state index contributed by atoms with van der Waals surface area (Å²) in [6.07, 6.45) is 0. The smallest absolute Gasteiger partial charge is 0.143 e. The van der Waals surface area contributed by atoms with Gasteiger partial charge in [-0.3, -0.25) is 0 Å². The van der Waals surface area contributed by atoms with Crippen molar-refractivity contribution in [1.82, 2.24) is 9.97 Å². The number of hydrogen-bond acceptors (Lipinski definition) is 6. The normalized spacial score (nSPS) is 12.0. The fourth-order valence-electron chi connectivity index (χ4n) is 1.13. The van der Waals surface area contributed by atoms with Gasteiger partial charge in [0.2, 0.25) is 0 Å². The van der Waals surface area contributed by atoms with E-state index in [1.807, 2.05) is 24.6 Å². The topological polar surface area (TPSA) is 61.2 Å². The molecule has 0 amide bonds. The van der Waals surface area contributed by atoms with E-state index in [4.69, 9.17) is 0 Å². The van der Waals surface area contributed by atoms with Crippen molar-refractivity contribution < 1.29 is 0 Å². The maximum absolute atomic E-state index is 10.8. The molecule has 0 aromatic carbocycles. The van der Waals surface area contributed by atoms with E-state index >= 15 is 0 Å². The van der Waals surface area contributed by atoms with Crippen LogP contribution in [0, 0.1) is 19.1 Å². The van der Waals surface area contributed by atoms with Crippen molar-refractivity contribution in [2.45, 2.75) is 13.8 Å². The molecular weight excluding hydrogens is 230 g/mol. The summed E-state index contributed by atoms with van der Waals surface area (Å²) in [4.78, 5) is 8.44. The van der Waals surface area contributed by atoms with Crippen LogP contribution in [0.1, 0.15) is 21.4 Å². The highest BCUT2D eigenvalue weighted by atomic mass is 32.1. The molecular formula is C9H8N3OS2-. The third-order valence-corrected chi connectivity index (χ3v) is 3.51. The zero-order valence-electron chi connectivity index (χ0n) is 8.22. The minimum Gasteiger partial charge on any atom is -0.791 e. The standard InChI is InChI=1S/C9H9N3OS2/c1-5-3-15-9(10-5)8(12-13)7-4-14-6(2)11-7/h3-4,13H,1-2H3/p-1/b12-8+. The lowest BCUT2D eigenvalue weighted by atomic mass is 10.3. The van der Waals surface area contributed by atoms with E-state index in [2.05, 4.69) is 15.1 Å². The van der Waals surface area contributed by atoms with Crippen LogP contribution in [0.2, 0.25) is 0 Å². The molecule has 0 aliphatic heterocycles. The Balaban J connectivity index is 2.42. The molecule has 0 aliphatic rings. The lowest BCUT2D eigenvalue weighted by Gasteiger charge is -2.01. The van der Waals surface area contributed by atoms with Gasteiger partial charge in [0.1, 0.15) is 16.4 Å². The molecule has 0 unspecified atom stereocenters. The molecule has 0 aliphatic carbocycles. The van der Waals surface area contributed by atoms with Crippen molar-refractivity contribution in [3.8, 4) is 0 Å². The lowest BCUT2D eigenvalue weighted by Crippen LogP contribution is -2.02. The van der Waals surface area contributed by atoms with Crippen molar-refractivity contribution in [3.05, 3.63) is 37.4 Å². The Morgan fingerprint density at radius 3 is 2.53 bits per heavy atom. The Morgan fingerprint density at radius 1 is 1.27 bits per heavy atom. The molecule has 2 aromatic heterocycles. The van der Waals surface area contributed by atoms with Gasteiger partial charge in [-0.2, -0.15) is 0 Å². The highest BCUT2D eigenvalue weighted by molar-refractivity contribution is 7.12. The predicted octanol–water partition coefficient (Wildman–Crippen LogP) is 2.55. The van der Waals surface area contributed by atoms with E-state index < -0.39 is 0 Å². The zero-order chi connectivity index (χ0) is 10.8. The Hall–Kier alpha value is -1.27. The summed E-state index contributed by atoms with van der Waals surface area (Å²) in [6.45, 7) is 3.78. The first-order valence-electron chi connectivity index (χ1n) is 4.26. The van der Waals surface area contributed by atoms with Crippen molar-refractivity contribution >= 4 is 28.4 Å². The van der Waals surface area contributed by atoms with E-state index in [0.717, 1.165) is 10.7 Å². The quantitative estimate of drug-likeness (QED) is 0.596. The first-order chi connectivity index (χ1) is 7.20. The summed E-state index contributed by atoms with van der Waals surface area (Å²) in [6, 6.07) is 0. The van der Waals surface area contributed by atoms with Gasteiger partial charge in [0.25, 0.3) is 0 Å². The van der Waals surface area contributed by atoms with Crippen molar-refractivity contribution in [2.24, 2.45) is 5.16 Å². The maximum atomic E-state index is 10.8. The second-order valence-electron chi connectivity index (χ2n) is 2.99. The number of thiazole rings is 2. The molecule has 0 N–H and O–H groups in total. The Morgan fingerprint density at radius 2 is 2.07 bits per heavy atom. The summed E-state index contributed by atoms with van der Waals surface area (Å²) >= 11 is 2.90. The number of aromatic nitrogens is 2. The number of rotatable bonds is 2. The van der Waals surface area contributed by atoms with E-state index in [0.29, 0.717) is 16.4 Å². The van der Waals surface area contributed by atoms with Gasteiger partial charge < -0.3 is 10.4 Å². The highest BCUT2D eigenvalue weighted by Gasteiger charge is 2.11.